The fourth-order valence-electron chi connectivity index (χ4n) is 4.02. The van der Waals surface area contributed by atoms with E-state index in [1.807, 2.05) is 6.92 Å². The summed E-state index contributed by atoms with van der Waals surface area (Å²) in [5, 5.41) is 12.3. The number of piperazine rings is 1. The van der Waals surface area contributed by atoms with Crippen LogP contribution in [0.4, 0.5) is 0 Å². The quantitative estimate of drug-likeness (QED) is 0.641. The Morgan fingerprint density at radius 2 is 1.86 bits per heavy atom. The van der Waals surface area contributed by atoms with Crippen molar-refractivity contribution in [1.29, 1.82) is 5.26 Å². The second kappa shape index (κ2) is 9.11. The smallest absolute Gasteiger partial charge is 0.276 e. The topological polar surface area (TPSA) is 104 Å². The highest BCUT2D eigenvalue weighted by Crippen LogP contribution is 2.28. The van der Waals surface area contributed by atoms with Gasteiger partial charge in [-0.3, -0.25) is 4.79 Å². The second-order valence-electron chi connectivity index (χ2n) is 7.68. The minimum atomic E-state index is -3.56. The van der Waals surface area contributed by atoms with Crippen LogP contribution in [0.3, 0.4) is 0 Å². The van der Waals surface area contributed by atoms with E-state index in [1.165, 1.54) is 4.31 Å². The minimum Gasteiger partial charge on any atom is -0.494 e. The van der Waals surface area contributed by atoms with Gasteiger partial charge in [0.1, 0.15) is 11.3 Å². The number of rotatable bonds is 7. The Morgan fingerprint density at radius 3 is 2.41 bits per heavy atom. The standard InChI is InChI=1S/C20H28N4O4S/c1-2-28-17-5-7-18(8-6-17)29(26,27)24-13-11-23(12-14-24)15-19(25)22-20(16-21)9-3-4-10-20/h5-8H,2-4,9-15H2,1H3,(H,22,25)/p+1. The highest BCUT2D eigenvalue weighted by molar-refractivity contribution is 7.89. The summed E-state index contributed by atoms with van der Waals surface area (Å²) in [7, 11) is -3.56. The van der Waals surface area contributed by atoms with E-state index < -0.39 is 15.6 Å². The number of nitrogens with one attached hydrogen (secondary N) is 2. The second-order valence-corrected chi connectivity index (χ2v) is 9.62. The predicted octanol–water partition coefficient (Wildman–Crippen LogP) is -0.0729. The molecule has 1 aliphatic carbocycles. The maximum atomic E-state index is 12.9. The van der Waals surface area contributed by atoms with Crippen LogP contribution in [0.5, 0.6) is 5.75 Å². The molecule has 158 valence electrons. The average Bonchev–Trinajstić information content (AvgIpc) is 3.18. The Kier molecular flexibility index (Phi) is 6.77. The number of carbonyl (C=O) groups is 1. The summed E-state index contributed by atoms with van der Waals surface area (Å²) in [4.78, 5) is 13.7. The average molecular weight is 422 g/mol. The lowest BCUT2D eigenvalue weighted by Gasteiger charge is -2.32. The number of nitrogens with zero attached hydrogens (tertiary/aromatic N) is 2. The summed E-state index contributed by atoms with van der Waals surface area (Å²) < 4.78 is 32.5. The molecule has 2 aliphatic rings. The van der Waals surface area contributed by atoms with Gasteiger partial charge in [-0.05, 0) is 56.9 Å². The molecule has 0 bridgehead atoms. The Bertz CT molecular complexity index is 849. The molecule has 0 radical (unpaired) electrons. The molecule has 1 saturated heterocycles. The number of nitriles is 1. The number of sulfonamides is 1. The highest BCUT2D eigenvalue weighted by Gasteiger charge is 2.37. The molecule has 1 aliphatic heterocycles. The molecule has 1 heterocycles. The molecule has 1 aromatic rings. The molecular formula is C20H29N4O4S+. The molecule has 1 saturated carbocycles. The first-order chi connectivity index (χ1) is 13.9. The van der Waals surface area contributed by atoms with Gasteiger partial charge in [-0.15, -0.1) is 0 Å². The van der Waals surface area contributed by atoms with Gasteiger partial charge < -0.3 is 15.0 Å². The fourth-order valence-corrected chi connectivity index (χ4v) is 5.47. The van der Waals surface area contributed by atoms with Crippen molar-refractivity contribution in [3.63, 3.8) is 0 Å². The molecule has 1 amide bonds. The van der Waals surface area contributed by atoms with Gasteiger partial charge in [-0.25, -0.2) is 8.42 Å². The molecule has 2 fully saturated rings. The van der Waals surface area contributed by atoms with Crippen LogP contribution in [0, 0.1) is 11.3 Å². The Hall–Kier alpha value is -2.15. The largest absolute Gasteiger partial charge is 0.494 e. The first-order valence-corrected chi connectivity index (χ1v) is 11.6. The number of quaternary nitrogens is 1. The Balaban J connectivity index is 1.53. The van der Waals surface area contributed by atoms with Crippen LogP contribution in [0.1, 0.15) is 32.6 Å². The summed E-state index contributed by atoms with van der Waals surface area (Å²) in [6.45, 7) is 4.51. The molecule has 0 atom stereocenters. The number of carbonyl (C=O) groups excluding carboxylic acids is 1. The van der Waals surface area contributed by atoms with E-state index in [9.17, 15) is 18.5 Å². The van der Waals surface area contributed by atoms with E-state index in [0.717, 1.165) is 17.7 Å². The molecule has 0 unspecified atom stereocenters. The number of hydrogen-bond donors (Lipinski definition) is 2. The monoisotopic (exact) mass is 421 g/mol. The zero-order valence-corrected chi connectivity index (χ0v) is 17.6. The van der Waals surface area contributed by atoms with Crippen molar-refractivity contribution in [3.8, 4) is 11.8 Å². The van der Waals surface area contributed by atoms with Gasteiger partial charge in [0.25, 0.3) is 5.91 Å². The fraction of sp³-hybridized carbons (Fsp3) is 0.600. The van der Waals surface area contributed by atoms with Gasteiger partial charge in [0.2, 0.25) is 10.0 Å². The van der Waals surface area contributed by atoms with E-state index >= 15 is 0 Å². The molecular weight excluding hydrogens is 392 g/mol. The van der Waals surface area contributed by atoms with Crippen molar-refractivity contribution in [3.05, 3.63) is 24.3 Å². The molecule has 2 N–H and O–H groups in total. The van der Waals surface area contributed by atoms with E-state index in [1.54, 1.807) is 24.3 Å². The Labute approximate surface area is 172 Å². The normalized spacial score (nSPS) is 20.1. The molecule has 8 nitrogen and oxygen atoms in total. The highest BCUT2D eigenvalue weighted by atomic mass is 32.2. The molecule has 1 aromatic carbocycles. The predicted molar refractivity (Wildman–Crippen MR) is 107 cm³/mol. The summed E-state index contributed by atoms with van der Waals surface area (Å²) in [6, 6.07) is 8.72. The molecule has 0 spiro atoms. The van der Waals surface area contributed by atoms with E-state index in [-0.39, 0.29) is 17.3 Å². The summed E-state index contributed by atoms with van der Waals surface area (Å²) in [6.07, 6.45) is 3.34. The Morgan fingerprint density at radius 1 is 1.24 bits per heavy atom. The van der Waals surface area contributed by atoms with Crippen LogP contribution in [0.2, 0.25) is 0 Å². The van der Waals surface area contributed by atoms with Crippen molar-refractivity contribution < 1.29 is 22.8 Å². The van der Waals surface area contributed by atoms with Crippen molar-refractivity contribution in [2.45, 2.75) is 43.0 Å². The van der Waals surface area contributed by atoms with Crippen LogP contribution in [-0.2, 0) is 14.8 Å². The van der Waals surface area contributed by atoms with Crippen LogP contribution in [-0.4, -0.2) is 63.5 Å². The van der Waals surface area contributed by atoms with Crippen molar-refractivity contribution >= 4 is 15.9 Å². The van der Waals surface area contributed by atoms with E-state index in [2.05, 4.69) is 11.4 Å². The number of ether oxygens (including phenoxy) is 1. The number of hydrogen-bond acceptors (Lipinski definition) is 5. The van der Waals surface area contributed by atoms with Gasteiger partial charge in [0.15, 0.2) is 6.54 Å². The first kappa shape index (κ1) is 21.6. The number of benzene rings is 1. The lowest BCUT2D eigenvalue weighted by Crippen LogP contribution is -3.16. The molecule has 9 heteroatoms. The first-order valence-electron chi connectivity index (χ1n) is 10.2. The third kappa shape index (κ3) is 5.07. The SMILES string of the molecule is CCOc1ccc(S(=O)(=O)N2CC[NH+](CC(=O)NC3(C#N)CCCC3)CC2)cc1. The zero-order valence-electron chi connectivity index (χ0n) is 16.8. The van der Waals surface area contributed by atoms with E-state index in [4.69, 9.17) is 4.74 Å². The number of amides is 1. The summed E-state index contributed by atoms with van der Waals surface area (Å²) in [5.41, 5.74) is -0.713. The van der Waals surface area contributed by atoms with Crippen LogP contribution in [0.25, 0.3) is 0 Å². The van der Waals surface area contributed by atoms with Gasteiger partial charge in [0.05, 0.1) is 43.8 Å². The minimum absolute atomic E-state index is 0.133. The maximum Gasteiger partial charge on any atom is 0.276 e. The van der Waals surface area contributed by atoms with Crippen molar-refractivity contribution in [2.75, 3.05) is 39.3 Å². The third-order valence-corrected chi connectivity index (χ3v) is 7.58. The zero-order chi connectivity index (χ0) is 20.9. The molecule has 0 aromatic heterocycles. The van der Waals surface area contributed by atoms with Gasteiger partial charge in [-0.1, -0.05) is 0 Å². The van der Waals surface area contributed by atoms with Gasteiger partial charge in [0, 0.05) is 0 Å². The van der Waals surface area contributed by atoms with Crippen molar-refractivity contribution in [2.24, 2.45) is 0 Å². The van der Waals surface area contributed by atoms with Gasteiger partial charge in [-0.2, -0.15) is 9.57 Å². The molecule has 29 heavy (non-hydrogen) atoms. The summed E-state index contributed by atoms with van der Waals surface area (Å²) in [5.74, 6) is 0.510. The van der Waals surface area contributed by atoms with Crippen LogP contribution >= 0.6 is 0 Å². The lowest BCUT2D eigenvalue weighted by molar-refractivity contribution is -0.895. The molecule has 3 rings (SSSR count). The maximum absolute atomic E-state index is 12.9. The third-order valence-electron chi connectivity index (χ3n) is 5.66. The van der Waals surface area contributed by atoms with Gasteiger partial charge >= 0.3 is 0 Å². The van der Waals surface area contributed by atoms with Crippen molar-refractivity contribution in [1.82, 2.24) is 9.62 Å². The van der Waals surface area contributed by atoms with E-state index in [0.29, 0.717) is 51.4 Å². The lowest BCUT2D eigenvalue weighted by atomic mass is 10.00. The van der Waals surface area contributed by atoms with Crippen LogP contribution < -0.4 is 15.0 Å². The van der Waals surface area contributed by atoms with Crippen LogP contribution in [0.15, 0.2) is 29.2 Å². The summed E-state index contributed by atoms with van der Waals surface area (Å²) >= 11 is 0.